The van der Waals surface area contributed by atoms with Crippen LogP contribution in [0.2, 0.25) is 0 Å². The molecule has 0 aromatic heterocycles. The number of benzene rings is 2. The Bertz CT molecular complexity index is 887. The second-order valence-corrected chi connectivity index (χ2v) is 8.50. The van der Waals surface area contributed by atoms with Crippen LogP contribution in [0.25, 0.3) is 11.1 Å². The van der Waals surface area contributed by atoms with E-state index in [0.717, 1.165) is 30.6 Å². The van der Waals surface area contributed by atoms with E-state index >= 15 is 0 Å². The molecule has 4 rings (SSSR count). The molecule has 6 heteroatoms. The number of nitrogens with one attached hydrogen (secondary N) is 1. The van der Waals surface area contributed by atoms with Gasteiger partial charge in [0.15, 0.2) is 0 Å². The van der Waals surface area contributed by atoms with Gasteiger partial charge in [0.05, 0.1) is 25.2 Å². The third-order valence-corrected chi connectivity index (χ3v) is 6.40. The number of hydrogen-bond donors (Lipinski definition) is 1. The predicted octanol–water partition coefficient (Wildman–Crippen LogP) is 4.14. The first kappa shape index (κ1) is 21.8. The smallest absolute Gasteiger partial charge is 0.227 e. The molecule has 1 amide bonds. The van der Waals surface area contributed by atoms with Gasteiger partial charge in [-0.05, 0) is 61.4 Å². The van der Waals surface area contributed by atoms with Crippen LogP contribution in [-0.4, -0.2) is 45.5 Å². The van der Waals surface area contributed by atoms with Crippen LogP contribution in [0, 0.1) is 11.2 Å². The van der Waals surface area contributed by atoms with E-state index in [1.54, 1.807) is 13.2 Å². The van der Waals surface area contributed by atoms with Gasteiger partial charge in [-0.25, -0.2) is 4.39 Å². The van der Waals surface area contributed by atoms with E-state index in [9.17, 15) is 9.18 Å². The SMILES string of the molecule is COc1ccc(F)cc1-c1ccc(CC2(C(=O)NC3CCCOC3)CCOCC2)cc1. The molecule has 5 nitrogen and oxygen atoms in total. The van der Waals surface area contributed by atoms with Crippen LogP contribution in [0.5, 0.6) is 5.75 Å². The number of ether oxygens (including phenoxy) is 3. The monoisotopic (exact) mass is 427 g/mol. The Labute approximate surface area is 182 Å². The fourth-order valence-corrected chi connectivity index (χ4v) is 4.54. The lowest BCUT2D eigenvalue weighted by Gasteiger charge is -2.37. The number of hydrogen-bond acceptors (Lipinski definition) is 4. The summed E-state index contributed by atoms with van der Waals surface area (Å²) in [6, 6.07) is 12.6. The summed E-state index contributed by atoms with van der Waals surface area (Å²) < 4.78 is 30.2. The predicted molar refractivity (Wildman–Crippen MR) is 117 cm³/mol. The molecular weight excluding hydrogens is 397 g/mol. The molecule has 0 aliphatic carbocycles. The van der Waals surface area contributed by atoms with Crippen LogP contribution in [0.3, 0.4) is 0 Å². The number of methoxy groups -OCH3 is 1. The van der Waals surface area contributed by atoms with Crippen molar-refractivity contribution in [3.8, 4) is 16.9 Å². The summed E-state index contributed by atoms with van der Waals surface area (Å²) in [5, 5.41) is 3.23. The maximum atomic E-state index is 13.8. The van der Waals surface area contributed by atoms with Crippen LogP contribution in [0.1, 0.15) is 31.2 Å². The van der Waals surface area contributed by atoms with E-state index in [0.29, 0.717) is 50.4 Å². The highest BCUT2D eigenvalue weighted by Gasteiger charge is 2.41. The lowest BCUT2D eigenvalue weighted by atomic mass is 9.74. The molecule has 166 valence electrons. The van der Waals surface area contributed by atoms with Crippen molar-refractivity contribution in [1.29, 1.82) is 0 Å². The maximum absolute atomic E-state index is 13.8. The Hall–Kier alpha value is -2.44. The van der Waals surface area contributed by atoms with Gasteiger partial charge >= 0.3 is 0 Å². The highest BCUT2D eigenvalue weighted by Crippen LogP contribution is 2.36. The van der Waals surface area contributed by atoms with Crippen LogP contribution in [0.4, 0.5) is 4.39 Å². The van der Waals surface area contributed by atoms with Crippen molar-refractivity contribution in [2.75, 3.05) is 33.5 Å². The van der Waals surface area contributed by atoms with E-state index in [-0.39, 0.29) is 17.8 Å². The molecule has 31 heavy (non-hydrogen) atoms. The molecule has 1 unspecified atom stereocenters. The third-order valence-electron chi connectivity index (χ3n) is 6.40. The molecule has 2 aliphatic heterocycles. The third kappa shape index (κ3) is 5.08. The van der Waals surface area contributed by atoms with Gasteiger partial charge in [0.25, 0.3) is 0 Å². The topological polar surface area (TPSA) is 56.8 Å². The molecule has 1 N–H and O–H groups in total. The zero-order valence-corrected chi connectivity index (χ0v) is 18.0. The highest BCUT2D eigenvalue weighted by atomic mass is 19.1. The maximum Gasteiger partial charge on any atom is 0.227 e. The minimum absolute atomic E-state index is 0.0868. The fourth-order valence-electron chi connectivity index (χ4n) is 4.54. The Kier molecular flexibility index (Phi) is 6.88. The van der Waals surface area contributed by atoms with E-state index in [1.807, 2.05) is 24.3 Å². The zero-order valence-electron chi connectivity index (χ0n) is 18.0. The average molecular weight is 428 g/mol. The quantitative estimate of drug-likeness (QED) is 0.753. The minimum atomic E-state index is -0.478. The van der Waals surface area contributed by atoms with Gasteiger partial charge in [-0.2, -0.15) is 0 Å². The second-order valence-electron chi connectivity index (χ2n) is 8.50. The molecule has 0 radical (unpaired) electrons. The van der Waals surface area contributed by atoms with E-state index in [2.05, 4.69) is 5.32 Å². The van der Waals surface area contributed by atoms with Gasteiger partial charge in [0.2, 0.25) is 5.91 Å². The number of carbonyl (C=O) groups is 1. The zero-order chi connectivity index (χ0) is 21.7. The molecule has 2 heterocycles. The molecule has 2 aliphatic rings. The van der Waals surface area contributed by atoms with Gasteiger partial charge in [0.1, 0.15) is 11.6 Å². The van der Waals surface area contributed by atoms with Crippen LogP contribution < -0.4 is 10.1 Å². The fraction of sp³-hybridized carbons (Fsp3) is 0.480. The number of carbonyl (C=O) groups excluding carboxylic acids is 1. The Morgan fingerprint density at radius 2 is 1.90 bits per heavy atom. The van der Waals surface area contributed by atoms with Crippen molar-refractivity contribution in [1.82, 2.24) is 5.32 Å². The summed E-state index contributed by atoms with van der Waals surface area (Å²) in [5.74, 6) is 0.427. The Morgan fingerprint density at radius 3 is 2.58 bits per heavy atom. The normalized spacial score (nSPS) is 20.8. The first-order chi connectivity index (χ1) is 15.1. The molecule has 1 atom stereocenters. The summed E-state index contributed by atoms with van der Waals surface area (Å²) in [7, 11) is 1.58. The summed E-state index contributed by atoms with van der Waals surface area (Å²) in [5.41, 5.74) is 2.19. The van der Waals surface area contributed by atoms with Crippen molar-refractivity contribution < 1.29 is 23.4 Å². The summed E-state index contributed by atoms with van der Waals surface area (Å²) >= 11 is 0. The molecule has 2 fully saturated rings. The molecule has 0 spiro atoms. The van der Waals surface area contributed by atoms with E-state index in [1.165, 1.54) is 12.1 Å². The summed E-state index contributed by atoms with van der Waals surface area (Å²) in [4.78, 5) is 13.3. The van der Waals surface area contributed by atoms with Crippen molar-refractivity contribution in [2.45, 2.75) is 38.1 Å². The molecule has 0 saturated carbocycles. The minimum Gasteiger partial charge on any atom is -0.496 e. The Morgan fingerprint density at radius 1 is 1.13 bits per heavy atom. The lowest BCUT2D eigenvalue weighted by Crippen LogP contribution is -2.51. The standard InChI is InChI=1S/C25H30FNO4/c1-29-23-9-8-20(26)15-22(23)19-6-4-18(5-7-19)16-25(10-13-30-14-11-25)24(28)27-21-3-2-12-31-17-21/h4-9,15,21H,2-3,10-14,16-17H2,1H3,(H,27,28). The molecule has 2 saturated heterocycles. The number of amides is 1. The largest absolute Gasteiger partial charge is 0.496 e. The van der Waals surface area contributed by atoms with E-state index < -0.39 is 5.41 Å². The Balaban J connectivity index is 1.52. The van der Waals surface area contributed by atoms with Gasteiger partial charge in [-0.3, -0.25) is 4.79 Å². The van der Waals surface area contributed by atoms with Crippen LogP contribution in [-0.2, 0) is 20.7 Å². The van der Waals surface area contributed by atoms with Crippen molar-refractivity contribution in [3.05, 3.63) is 53.8 Å². The molecule has 0 bridgehead atoms. The second kappa shape index (κ2) is 9.79. The summed E-state index contributed by atoms with van der Waals surface area (Å²) in [6.07, 6.45) is 3.99. The van der Waals surface area contributed by atoms with Gasteiger partial charge < -0.3 is 19.5 Å². The number of rotatable bonds is 6. The average Bonchev–Trinajstić information content (AvgIpc) is 2.81. The lowest BCUT2D eigenvalue weighted by molar-refractivity contribution is -0.138. The van der Waals surface area contributed by atoms with Crippen LogP contribution in [0.15, 0.2) is 42.5 Å². The van der Waals surface area contributed by atoms with Crippen molar-refractivity contribution in [3.63, 3.8) is 0 Å². The van der Waals surface area contributed by atoms with Gasteiger partial charge in [-0.15, -0.1) is 0 Å². The first-order valence-corrected chi connectivity index (χ1v) is 11.0. The van der Waals surface area contributed by atoms with E-state index in [4.69, 9.17) is 14.2 Å². The van der Waals surface area contributed by atoms with Gasteiger partial charge in [0, 0.05) is 25.4 Å². The number of halogens is 1. The summed E-state index contributed by atoms with van der Waals surface area (Å²) in [6.45, 7) is 2.54. The molecule has 2 aromatic carbocycles. The first-order valence-electron chi connectivity index (χ1n) is 11.0. The molecule has 2 aromatic rings. The van der Waals surface area contributed by atoms with Crippen LogP contribution >= 0.6 is 0 Å². The van der Waals surface area contributed by atoms with Gasteiger partial charge in [-0.1, -0.05) is 24.3 Å². The highest BCUT2D eigenvalue weighted by molar-refractivity contribution is 5.83. The van der Waals surface area contributed by atoms with Crippen molar-refractivity contribution >= 4 is 5.91 Å². The van der Waals surface area contributed by atoms with Crippen molar-refractivity contribution in [2.24, 2.45) is 5.41 Å². The molecular formula is C25H30FNO4.